The van der Waals surface area contributed by atoms with E-state index < -0.39 is 12.1 Å². The molecule has 0 aliphatic carbocycles. The number of amides is 3. The standard InChI is InChI=1S/C20H24FN5O4/c21-13-1-3-14(4-2-13)25-20(29)24-8-7-15-5-6-16(18(12-27)30-15)26-19(28)17-11-22-9-10-23-17/h1-4,9-11,15-16,18,27H,5-8,12H2,(H,26,28)(H2,24,25,29)/t15-,16+,18+/m0/s1. The number of urea groups is 1. The molecule has 160 valence electrons. The number of aromatic nitrogens is 2. The van der Waals surface area contributed by atoms with Crippen molar-refractivity contribution in [3.05, 3.63) is 54.4 Å². The third-order valence-electron chi connectivity index (χ3n) is 4.76. The van der Waals surface area contributed by atoms with Crippen molar-refractivity contribution < 1.29 is 23.8 Å². The van der Waals surface area contributed by atoms with Crippen LogP contribution in [0.1, 0.15) is 29.8 Å². The van der Waals surface area contributed by atoms with E-state index in [9.17, 15) is 19.1 Å². The number of carbonyl (C=O) groups is 2. The average Bonchev–Trinajstić information content (AvgIpc) is 2.77. The van der Waals surface area contributed by atoms with E-state index >= 15 is 0 Å². The monoisotopic (exact) mass is 417 g/mol. The molecule has 10 heteroatoms. The number of nitrogens with zero attached hydrogens (tertiary/aromatic N) is 2. The van der Waals surface area contributed by atoms with Crippen LogP contribution >= 0.6 is 0 Å². The summed E-state index contributed by atoms with van der Waals surface area (Å²) < 4.78 is 18.8. The van der Waals surface area contributed by atoms with Gasteiger partial charge in [0.25, 0.3) is 5.91 Å². The topological polar surface area (TPSA) is 125 Å². The number of hydrogen-bond donors (Lipinski definition) is 4. The van der Waals surface area contributed by atoms with Gasteiger partial charge in [0.15, 0.2) is 0 Å². The molecular formula is C20H24FN5O4. The number of benzene rings is 1. The first kappa shape index (κ1) is 21.6. The Morgan fingerprint density at radius 2 is 2.00 bits per heavy atom. The van der Waals surface area contributed by atoms with Gasteiger partial charge in [-0.1, -0.05) is 0 Å². The number of halogens is 1. The number of rotatable bonds is 7. The van der Waals surface area contributed by atoms with Gasteiger partial charge in [-0.25, -0.2) is 14.2 Å². The maximum Gasteiger partial charge on any atom is 0.319 e. The number of aliphatic hydroxyl groups is 1. The van der Waals surface area contributed by atoms with Crippen LogP contribution in [0.15, 0.2) is 42.9 Å². The van der Waals surface area contributed by atoms with Crippen molar-refractivity contribution in [1.29, 1.82) is 0 Å². The van der Waals surface area contributed by atoms with E-state index in [0.717, 1.165) is 0 Å². The number of ether oxygens (including phenoxy) is 1. The van der Waals surface area contributed by atoms with Crippen LogP contribution in [-0.4, -0.2) is 58.4 Å². The van der Waals surface area contributed by atoms with Crippen LogP contribution in [0.3, 0.4) is 0 Å². The van der Waals surface area contributed by atoms with E-state index in [0.29, 0.717) is 31.5 Å². The molecular weight excluding hydrogens is 393 g/mol. The van der Waals surface area contributed by atoms with Crippen LogP contribution in [0.4, 0.5) is 14.9 Å². The van der Waals surface area contributed by atoms with Crippen LogP contribution < -0.4 is 16.0 Å². The van der Waals surface area contributed by atoms with Gasteiger partial charge >= 0.3 is 6.03 Å². The van der Waals surface area contributed by atoms with E-state index in [4.69, 9.17) is 4.74 Å². The molecule has 2 heterocycles. The van der Waals surface area contributed by atoms with E-state index in [1.54, 1.807) is 0 Å². The molecule has 3 atom stereocenters. The minimum absolute atomic E-state index is 0.155. The third-order valence-corrected chi connectivity index (χ3v) is 4.76. The van der Waals surface area contributed by atoms with Gasteiger partial charge in [0.05, 0.1) is 24.9 Å². The lowest BCUT2D eigenvalue weighted by Gasteiger charge is -2.36. The van der Waals surface area contributed by atoms with E-state index in [2.05, 4.69) is 25.9 Å². The fourth-order valence-electron chi connectivity index (χ4n) is 3.22. The van der Waals surface area contributed by atoms with E-state index in [1.807, 2.05) is 0 Å². The first-order valence-electron chi connectivity index (χ1n) is 9.68. The fourth-order valence-corrected chi connectivity index (χ4v) is 3.22. The molecule has 0 spiro atoms. The van der Waals surface area contributed by atoms with Gasteiger partial charge in [0, 0.05) is 24.6 Å². The second-order valence-electron chi connectivity index (χ2n) is 6.90. The average molecular weight is 417 g/mol. The summed E-state index contributed by atoms with van der Waals surface area (Å²) in [5, 5.41) is 17.8. The number of hydrogen-bond acceptors (Lipinski definition) is 6. The normalized spacial score (nSPS) is 20.9. The zero-order valence-corrected chi connectivity index (χ0v) is 16.3. The van der Waals surface area contributed by atoms with Crippen molar-refractivity contribution in [3.8, 4) is 0 Å². The molecule has 9 nitrogen and oxygen atoms in total. The van der Waals surface area contributed by atoms with Gasteiger partial charge in [-0.2, -0.15) is 0 Å². The summed E-state index contributed by atoms with van der Waals surface area (Å²) in [6, 6.07) is 4.74. The van der Waals surface area contributed by atoms with Gasteiger partial charge in [0.2, 0.25) is 0 Å². The lowest BCUT2D eigenvalue weighted by atomic mass is 9.97. The maximum absolute atomic E-state index is 12.9. The van der Waals surface area contributed by atoms with Crippen molar-refractivity contribution >= 4 is 17.6 Å². The third kappa shape index (κ3) is 6.19. The Bertz CT molecular complexity index is 837. The summed E-state index contributed by atoms with van der Waals surface area (Å²) in [5.74, 6) is -0.743. The van der Waals surface area contributed by atoms with Crippen LogP contribution in [0, 0.1) is 5.82 Å². The number of anilines is 1. The fraction of sp³-hybridized carbons (Fsp3) is 0.400. The van der Waals surface area contributed by atoms with Gasteiger partial charge < -0.3 is 25.8 Å². The second kappa shape index (κ2) is 10.6. The molecule has 1 aliphatic heterocycles. The van der Waals surface area contributed by atoms with Crippen molar-refractivity contribution in [1.82, 2.24) is 20.6 Å². The van der Waals surface area contributed by atoms with Gasteiger partial charge in [-0.05, 0) is 43.5 Å². The molecule has 0 saturated carbocycles. The predicted octanol–water partition coefficient (Wildman–Crippen LogP) is 1.47. The van der Waals surface area contributed by atoms with Crippen LogP contribution in [0.2, 0.25) is 0 Å². The molecule has 30 heavy (non-hydrogen) atoms. The molecule has 1 fully saturated rings. The summed E-state index contributed by atoms with van der Waals surface area (Å²) in [6.45, 7) is 0.132. The smallest absolute Gasteiger partial charge is 0.319 e. The van der Waals surface area contributed by atoms with Gasteiger partial charge in [-0.3, -0.25) is 9.78 Å². The van der Waals surface area contributed by atoms with Crippen LogP contribution in [-0.2, 0) is 4.74 Å². The lowest BCUT2D eigenvalue weighted by molar-refractivity contribution is -0.0892. The summed E-state index contributed by atoms with van der Waals surface area (Å²) in [6.07, 6.45) is 5.44. The predicted molar refractivity (Wildman–Crippen MR) is 106 cm³/mol. The molecule has 1 aromatic heterocycles. The molecule has 0 radical (unpaired) electrons. The molecule has 2 aromatic rings. The summed E-state index contributed by atoms with van der Waals surface area (Å²) in [4.78, 5) is 32.0. The Hall–Kier alpha value is -3.11. The quantitative estimate of drug-likeness (QED) is 0.541. The second-order valence-corrected chi connectivity index (χ2v) is 6.90. The van der Waals surface area contributed by atoms with Gasteiger partial charge in [-0.15, -0.1) is 0 Å². The Morgan fingerprint density at radius 3 is 2.70 bits per heavy atom. The molecule has 1 saturated heterocycles. The highest BCUT2D eigenvalue weighted by Gasteiger charge is 2.32. The van der Waals surface area contributed by atoms with Crippen molar-refractivity contribution in [2.75, 3.05) is 18.5 Å². The Labute approximate surface area is 173 Å². The SMILES string of the molecule is O=C(NCC[C@@H]1CC[C@@H](NC(=O)c2cnccn2)[C@@H](CO)O1)Nc1ccc(F)cc1. The number of carbonyl (C=O) groups excluding carboxylic acids is 2. The van der Waals surface area contributed by atoms with Crippen LogP contribution in [0.5, 0.6) is 0 Å². The molecule has 1 aromatic carbocycles. The number of nitrogens with one attached hydrogen (secondary N) is 3. The maximum atomic E-state index is 12.9. The molecule has 3 amide bonds. The largest absolute Gasteiger partial charge is 0.394 e. The Balaban J connectivity index is 1.40. The van der Waals surface area contributed by atoms with E-state index in [1.165, 1.54) is 42.9 Å². The lowest BCUT2D eigenvalue weighted by Crippen LogP contribution is -2.51. The highest BCUT2D eigenvalue weighted by molar-refractivity contribution is 5.92. The first-order valence-corrected chi connectivity index (χ1v) is 9.68. The Kier molecular flexibility index (Phi) is 7.63. The number of aliphatic hydroxyl groups excluding tert-OH is 1. The Morgan fingerprint density at radius 1 is 1.20 bits per heavy atom. The zero-order chi connectivity index (χ0) is 21.3. The minimum Gasteiger partial charge on any atom is -0.394 e. The molecule has 3 rings (SSSR count). The molecule has 0 bridgehead atoms. The summed E-state index contributed by atoms with van der Waals surface area (Å²) in [7, 11) is 0. The van der Waals surface area contributed by atoms with Gasteiger partial charge in [0.1, 0.15) is 17.6 Å². The zero-order valence-electron chi connectivity index (χ0n) is 16.3. The van der Waals surface area contributed by atoms with Crippen molar-refractivity contribution in [2.45, 2.75) is 37.5 Å². The summed E-state index contributed by atoms with van der Waals surface area (Å²) in [5.41, 5.74) is 0.692. The first-order chi connectivity index (χ1) is 14.5. The van der Waals surface area contributed by atoms with Crippen molar-refractivity contribution in [3.63, 3.8) is 0 Å². The summed E-state index contributed by atoms with van der Waals surface area (Å²) >= 11 is 0. The molecule has 4 N–H and O–H groups in total. The minimum atomic E-state index is -0.544. The van der Waals surface area contributed by atoms with Crippen LogP contribution in [0.25, 0.3) is 0 Å². The molecule has 1 aliphatic rings. The molecule has 0 unspecified atom stereocenters. The van der Waals surface area contributed by atoms with E-state index in [-0.39, 0.29) is 36.2 Å². The highest BCUT2D eigenvalue weighted by Crippen LogP contribution is 2.22. The van der Waals surface area contributed by atoms with Crippen molar-refractivity contribution in [2.24, 2.45) is 0 Å². The highest BCUT2D eigenvalue weighted by atomic mass is 19.1.